The van der Waals surface area contributed by atoms with Gasteiger partial charge in [-0.15, -0.1) is 0 Å². The van der Waals surface area contributed by atoms with Gasteiger partial charge in [0.05, 0.1) is 11.8 Å². The highest BCUT2D eigenvalue weighted by molar-refractivity contribution is 5.96. The van der Waals surface area contributed by atoms with E-state index in [-0.39, 0.29) is 5.91 Å². The van der Waals surface area contributed by atoms with Crippen LogP contribution in [0.4, 0.5) is 0 Å². The summed E-state index contributed by atoms with van der Waals surface area (Å²) < 4.78 is 1.89. The van der Waals surface area contributed by atoms with E-state index < -0.39 is 0 Å². The van der Waals surface area contributed by atoms with Crippen molar-refractivity contribution in [3.63, 3.8) is 0 Å². The Bertz CT molecular complexity index is 620. The number of aromatic nitrogens is 3. The Kier molecular flexibility index (Phi) is 5.89. The molecule has 2 N–H and O–H groups in total. The highest BCUT2D eigenvalue weighted by Crippen LogP contribution is 2.14. The Balaban J connectivity index is 1.99. The monoisotopic (exact) mass is 303 g/mol. The number of hydrogen-bond acceptors (Lipinski definition) is 4. The van der Waals surface area contributed by atoms with Crippen LogP contribution in [0.1, 0.15) is 37.6 Å². The van der Waals surface area contributed by atoms with Crippen molar-refractivity contribution >= 4 is 16.9 Å². The number of nitrogens with one attached hydrogen (secondary N) is 2. The van der Waals surface area contributed by atoms with Crippen molar-refractivity contribution in [3.05, 3.63) is 24.0 Å². The van der Waals surface area contributed by atoms with Crippen molar-refractivity contribution in [2.75, 3.05) is 19.6 Å². The Morgan fingerprint density at radius 3 is 2.82 bits per heavy atom. The summed E-state index contributed by atoms with van der Waals surface area (Å²) in [6.07, 6.45) is 4.48. The predicted octanol–water partition coefficient (Wildman–Crippen LogP) is 1.82. The van der Waals surface area contributed by atoms with Gasteiger partial charge in [0.1, 0.15) is 0 Å². The number of carbonyl (C=O) groups excluding carboxylic acids is 1. The van der Waals surface area contributed by atoms with E-state index in [9.17, 15) is 4.79 Å². The van der Waals surface area contributed by atoms with Crippen LogP contribution in [0.25, 0.3) is 11.0 Å². The molecule has 1 amide bonds. The molecule has 0 spiro atoms. The normalized spacial score (nSPS) is 11.3. The molecule has 0 atom stereocenters. The molecule has 6 nitrogen and oxygen atoms in total. The van der Waals surface area contributed by atoms with E-state index in [1.54, 1.807) is 12.4 Å². The van der Waals surface area contributed by atoms with Gasteiger partial charge in [-0.1, -0.05) is 20.8 Å². The van der Waals surface area contributed by atoms with Gasteiger partial charge in [0.25, 0.3) is 5.91 Å². The lowest BCUT2D eigenvalue weighted by molar-refractivity contribution is 0.0953. The van der Waals surface area contributed by atoms with Gasteiger partial charge in [0, 0.05) is 31.2 Å². The summed E-state index contributed by atoms with van der Waals surface area (Å²) in [7, 11) is 0. The number of pyridine rings is 1. The SMILES string of the molecule is CCCNCCNC(=O)c1cnc2c(cnn2CC(C)C)c1. The fraction of sp³-hybridized carbons (Fsp3) is 0.562. The molecule has 0 saturated heterocycles. The minimum Gasteiger partial charge on any atom is -0.351 e. The third kappa shape index (κ3) is 4.27. The first-order chi connectivity index (χ1) is 10.6. The average Bonchev–Trinajstić information content (AvgIpc) is 2.88. The Morgan fingerprint density at radius 2 is 2.09 bits per heavy atom. The van der Waals surface area contributed by atoms with Crippen LogP contribution in [-0.2, 0) is 6.54 Å². The fourth-order valence-corrected chi connectivity index (χ4v) is 2.24. The number of rotatable bonds is 8. The van der Waals surface area contributed by atoms with Crippen molar-refractivity contribution < 1.29 is 4.79 Å². The maximum absolute atomic E-state index is 12.1. The molecule has 0 aliphatic carbocycles. The quantitative estimate of drug-likeness (QED) is 0.730. The largest absolute Gasteiger partial charge is 0.351 e. The Labute approximate surface area is 131 Å². The molecule has 2 rings (SSSR count). The molecule has 2 heterocycles. The lowest BCUT2D eigenvalue weighted by Crippen LogP contribution is -2.32. The molecular formula is C16H25N5O. The van der Waals surface area contributed by atoms with E-state index >= 15 is 0 Å². The van der Waals surface area contributed by atoms with Crippen LogP contribution in [0.2, 0.25) is 0 Å². The van der Waals surface area contributed by atoms with Crippen molar-refractivity contribution in [3.8, 4) is 0 Å². The number of hydrogen-bond donors (Lipinski definition) is 2. The van der Waals surface area contributed by atoms with Gasteiger partial charge in [-0.05, 0) is 24.9 Å². The highest BCUT2D eigenvalue weighted by atomic mass is 16.1. The number of amides is 1. The van der Waals surface area contributed by atoms with E-state index in [1.807, 2.05) is 10.7 Å². The second kappa shape index (κ2) is 7.89. The molecule has 22 heavy (non-hydrogen) atoms. The first-order valence-corrected chi connectivity index (χ1v) is 7.92. The molecule has 2 aromatic rings. The van der Waals surface area contributed by atoms with Crippen LogP contribution in [0.5, 0.6) is 0 Å². The third-order valence-corrected chi connectivity index (χ3v) is 3.29. The van der Waals surface area contributed by atoms with Crippen molar-refractivity contribution in [1.29, 1.82) is 0 Å². The molecule has 0 fully saturated rings. The van der Waals surface area contributed by atoms with Crippen molar-refractivity contribution in [1.82, 2.24) is 25.4 Å². The van der Waals surface area contributed by atoms with Gasteiger partial charge < -0.3 is 10.6 Å². The maximum Gasteiger partial charge on any atom is 0.252 e. The molecule has 0 radical (unpaired) electrons. The van der Waals surface area contributed by atoms with Gasteiger partial charge in [-0.3, -0.25) is 4.79 Å². The highest BCUT2D eigenvalue weighted by Gasteiger charge is 2.10. The summed E-state index contributed by atoms with van der Waals surface area (Å²) in [6.45, 7) is 9.59. The first kappa shape index (κ1) is 16.4. The summed E-state index contributed by atoms with van der Waals surface area (Å²) in [4.78, 5) is 16.5. The van der Waals surface area contributed by atoms with Crippen LogP contribution in [0.3, 0.4) is 0 Å². The van der Waals surface area contributed by atoms with E-state index in [0.29, 0.717) is 18.0 Å². The minimum atomic E-state index is -0.0932. The van der Waals surface area contributed by atoms with E-state index in [0.717, 1.165) is 37.1 Å². The average molecular weight is 303 g/mol. The van der Waals surface area contributed by atoms with Crippen molar-refractivity contribution in [2.45, 2.75) is 33.7 Å². The maximum atomic E-state index is 12.1. The van der Waals surface area contributed by atoms with Crippen LogP contribution in [0.15, 0.2) is 18.5 Å². The van der Waals surface area contributed by atoms with Crippen molar-refractivity contribution in [2.24, 2.45) is 5.92 Å². The number of nitrogens with zero attached hydrogens (tertiary/aromatic N) is 3. The molecule has 0 unspecified atom stereocenters. The van der Waals surface area contributed by atoms with Gasteiger partial charge in [-0.2, -0.15) is 5.10 Å². The van der Waals surface area contributed by atoms with Gasteiger partial charge in [0.2, 0.25) is 0 Å². The van der Waals surface area contributed by atoms with E-state index in [4.69, 9.17) is 0 Å². The van der Waals surface area contributed by atoms with Gasteiger partial charge in [0.15, 0.2) is 5.65 Å². The zero-order valence-corrected chi connectivity index (χ0v) is 13.6. The summed E-state index contributed by atoms with van der Waals surface area (Å²) in [5, 5.41) is 11.4. The molecule has 2 aromatic heterocycles. The van der Waals surface area contributed by atoms with Crippen LogP contribution in [-0.4, -0.2) is 40.3 Å². The topological polar surface area (TPSA) is 71.8 Å². The van der Waals surface area contributed by atoms with Gasteiger partial charge >= 0.3 is 0 Å². The summed E-state index contributed by atoms with van der Waals surface area (Å²) in [5.74, 6) is 0.410. The zero-order chi connectivity index (χ0) is 15.9. The third-order valence-electron chi connectivity index (χ3n) is 3.29. The molecule has 0 bridgehead atoms. The zero-order valence-electron chi connectivity index (χ0n) is 13.6. The predicted molar refractivity (Wildman–Crippen MR) is 87.9 cm³/mol. The molecule has 120 valence electrons. The lowest BCUT2D eigenvalue weighted by atomic mass is 10.2. The Morgan fingerprint density at radius 1 is 1.27 bits per heavy atom. The van der Waals surface area contributed by atoms with Crippen LogP contribution >= 0.6 is 0 Å². The molecule has 6 heteroatoms. The summed E-state index contributed by atoms with van der Waals surface area (Å²) >= 11 is 0. The fourth-order valence-electron chi connectivity index (χ4n) is 2.24. The molecule has 0 aliphatic rings. The summed E-state index contributed by atoms with van der Waals surface area (Å²) in [5.41, 5.74) is 1.40. The van der Waals surface area contributed by atoms with E-state index in [1.165, 1.54) is 0 Å². The standard InChI is InChI=1S/C16H25N5O/c1-4-5-17-6-7-18-16(22)14-8-13-10-20-21(11-12(2)3)15(13)19-9-14/h8-10,12,17H,4-7,11H2,1-3H3,(H,18,22). The second-order valence-corrected chi connectivity index (χ2v) is 5.86. The molecule has 0 saturated carbocycles. The van der Waals surface area contributed by atoms with Crippen LogP contribution in [0, 0.1) is 5.92 Å². The molecule has 0 aromatic carbocycles. The van der Waals surface area contributed by atoms with Gasteiger partial charge in [-0.25, -0.2) is 9.67 Å². The number of carbonyl (C=O) groups is 1. The Hall–Kier alpha value is -1.95. The summed E-state index contributed by atoms with van der Waals surface area (Å²) in [6, 6.07) is 1.85. The van der Waals surface area contributed by atoms with Crippen LogP contribution < -0.4 is 10.6 Å². The smallest absolute Gasteiger partial charge is 0.252 e. The van der Waals surface area contributed by atoms with E-state index in [2.05, 4.69) is 41.5 Å². The molecular weight excluding hydrogens is 278 g/mol. The lowest BCUT2D eigenvalue weighted by Gasteiger charge is -2.07. The number of fused-ring (bicyclic) bond motifs is 1. The molecule has 0 aliphatic heterocycles. The minimum absolute atomic E-state index is 0.0932. The first-order valence-electron chi connectivity index (χ1n) is 7.92. The second-order valence-electron chi connectivity index (χ2n) is 5.86.